The summed E-state index contributed by atoms with van der Waals surface area (Å²) >= 11 is 6.18. The van der Waals surface area contributed by atoms with Crippen molar-refractivity contribution in [2.75, 3.05) is 0 Å². The fraction of sp³-hybridized carbons (Fsp3) is 0.200. The number of hydrogen-bond donors (Lipinski definition) is 1. The summed E-state index contributed by atoms with van der Waals surface area (Å²) in [6.07, 6.45) is 0. The van der Waals surface area contributed by atoms with Gasteiger partial charge in [0.05, 0.1) is 4.47 Å². The molecule has 0 spiro atoms. The smallest absolute Gasteiger partial charge is 0.355 e. The number of carboxylic acid groups (broad SMARTS) is 1. The maximum Gasteiger partial charge on any atom is 0.355 e. The van der Waals surface area contributed by atoms with Crippen LogP contribution in [-0.2, 0) is 7.05 Å². The zero-order valence-electron chi connectivity index (χ0n) is 5.51. The van der Waals surface area contributed by atoms with Crippen LogP contribution in [0.15, 0.2) is 9.08 Å². The number of aromatic carboxylic acids is 1. The molecule has 1 heterocycles. The van der Waals surface area contributed by atoms with Crippen molar-refractivity contribution >= 4 is 37.8 Å². The topological polar surface area (TPSA) is 55.1 Å². The van der Waals surface area contributed by atoms with Crippen LogP contribution in [0.5, 0.6) is 0 Å². The normalized spacial score (nSPS) is 10.1. The van der Waals surface area contributed by atoms with Crippen molar-refractivity contribution in [1.82, 2.24) is 9.78 Å². The fourth-order valence-electron chi connectivity index (χ4n) is 0.698. The average molecular weight is 284 g/mol. The fourth-order valence-corrected chi connectivity index (χ4v) is 1.63. The van der Waals surface area contributed by atoms with E-state index in [-0.39, 0.29) is 5.69 Å². The Morgan fingerprint density at radius 2 is 2.18 bits per heavy atom. The number of aryl methyl sites for hydroxylation is 1. The summed E-state index contributed by atoms with van der Waals surface area (Å²) in [7, 11) is 1.57. The summed E-state index contributed by atoms with van der Waals surface area (Å²) in [5.74, 6) is -1.00. The summed E-state index contributed by atoms with van der Waals surface area (Å²) in [6, 6.07) is 0. The molecule has 11 heavy (non-hydrogen) atoms. The standard InChI is InChI=1S/C5H4Br2N2O2/c1-9-3(5(10)11)2(6)4(7)8-9/h1H3,(H,10,11). The third kappa shape index (κ3) is 1.46. The number of hydrogen-bond acceptors (Lipinski definition) is 2. The molecule has 0 atom stereocenters. The highest BCUT2D eigenvalue weighted by Gasteiger charge is 2.17. The Bertz CT molecular complexity index is 308. The third-order valence-corrected chi connectivity index (χ3v) is 2.99. The van der Waals surface area contributed by atoms with E-state index in [1.807, 2.05) is 0 Å². The monoisotopic (exact) mass is 282 g/mol. The molecule has 0 bridgehead atoms. The minimum Gasteiger partial charge on any atom is -0.476 e. The molecule has 60 valence electrons. The quantitative estimate of drug-likeness (QED) is 0.853. The average Bonchev–Trinajstić information content (AvgIpc) is 2.07. The molecular weight excluding hydrogens is 280 g/mol. The van der Waals surface area contributed by atoms with Crippen LogP contribution in [0.4, 0.5) is 0 Å². The Hall–Kier alpha value is -0.360. The summed E-state index contributed by atoms with van der Waals surface area (Å²) in [5.41, 5.74) is 0.136. The van der Waals surface area contributed by atoms with Gasteiger partial charge < -0.3 is 5.11 Å². The third-order valence-electron chi connectivity index (χ3n) is 1.15. The van der Waals surface area contributed by atoms with Crippen LogP contribution in [-0.4, -0.2) is 20.9 Å². The molecule has 0 aliphatic heterocycles. The second-order valence-corrected chi connectivity index (χ2v) is 3.43. The van der Waals surface area contributed by atoms with Crippen LogP contribution in [0.2, 0.25) is 0 Å². The second-order valence-electron chi connectivity index (χ2n) is 1.88. The van der Waals surface area contributed by atoms with Crippen LogP contribution in [0, 0.1) is 0 Å². The molecule has 0 radical (unpaired) electrons. The van der Waals surface area contributed by atoms with E-state index < -0.39 is 5.97 Å². The van der Waals surface area contributed by atoms with Crippen LogP contribution in [0.1, 0.15) is 10.5 Å². The van der Waals surface area contributed by atoms with Gasteiger partial charge in [-0.3, -0.25) is 4.68 Å². The van der Waals surface area contributed by atoms with Gasteiger partial charge in [0, 0.05) is 7.05 Å². The Labute approximate surface area is 79.5 Å². The molecular formula is C5H4Br2N2O2. The molecule has 0 saturated carbocycles. The molecule has 0 amide bonds. The molecule has 0 aliphatic rings. The Balaban J connectivity index is 3.34. The van der Waals surface area contributed by atoms with E-state index in [4.69, 9.17) is 5.11 Å². The summed E-state index contributed by atoms with van der Waals surface area (Å²) in [6.45, 7) is 0. The number of halogens is 2. The number of aromatic nitrogens is 2. The van der Waals surface area contributed by atoms with Gasteiger partial charge in [0.15, 0.2) is 5.69 Å². The largest absolute Gasteiger partial charge is 0.476 e. The predicted octanol–water partition coefficient (Wildman–Crippen LogP) is 1.64. The zero-order valence-corrected chi connectivity index (χ0v) is 8.68. The van der Waals surface area contributed by atoms with Gasteiger partial charge in [-0.15, -0.1) is 0 Å². The lowest BCUT2D eigenvalue weighted by Crippen LogP contribution is -2.05. The van der Waals surface area contributed by atoms with Gasteiger partial charge in [-0.2, -0.15) is 5.10 Å². The molecule has 0 aromatic carbocycles. The molecule has 1 rings (SSSR count). The van der Waals surface area contributed by atoms with Gasteiger partial charge in [0.1, 0.15) is 4.60 Å². The van der Waals surface area contributed by atoms with Gasteiger partial charge in [-0.05, 0) is 31.9 Å². The van der Waals surface area contributed by atoms with Gasteiger partial charge in [0.2, 0.25) is 0 Å². The van der Waals surface area contributed by atoms with E-state index in [9.17, 15) is 4.79 Å². The molecule has 4 nitrogen and oxygen atoms in total. The maximum atomic E-state index is 10.5. The highest BCUT2D eigenvalue weighted by molar-refractivity contribution is 9.13. The molecule has 1 N–H and O–H groups in total. The van der Waals surface area contributed by atoms with E-state index in [0.717, 1.165) is 0 Å². The molecule has 0 fully saturated rings. The summed E-state index contributed by atoms with van der Waals surface area (Å²) < 4.78 is 2.25. The Morgan fingerprint density at radius 1 is 1.64 bits per heavy atom. The van der Waals surface area contributed by atoms with Crippen LogP contribution >= 0.6 is 31.9 Å². The van der Waals surface area contributed by atoms with Crippen molar-refractivity contribution in [3.05, 3.63) is 14.8 Å². The lowest BCUT2D eigenvalue weighted by atomic mass is 10.4. The first-order valence-corrected chi connectivity index (χ1v) is 4.24. The first-order valence-electron chi connectivity index (χ1n) is 2.65. The lowest BCUT2D eigenvalue weighted by molar-refractivity contribution is 0.0684. The van der Waals surface area contributed by atoms with E-state index in [0.29, 0.717) is 9.08 Å². The summed E-state index contributed by atoms with van der Waals surface area (Å²) in [4.78, 5) is 10.5. The zero-order chi connectivity index (χ0) is 8.59. The van der Waals surface area contributed by atoms with E-state index in [2.05, 4.69) is 37.0 Å². The molecule has 0 unspecified atom stereocenters. The van der Waals surface area contributed by atoms with Crippen LogP contribution in [0.3, 0.4) is 0 Å². The first-order chi connectivity index (χ1) is 5.04. The Morgan fingerprint density at radius 3 is 2.36 bits per heavy atom. The summed E-state index contributed by atoms with van der Waals surface area (Å²) in [5, 5.41) is 12.5. The van der Waals surface area contributed by atoms with E-state index in [1.54, 1.807) is 7.05 Å². The Kier molecular flexibility index (Phi) is 2.34. The van der Waals surface area contributed by atoms with Gasteiger partial charge in [0.25, 0.3) is 0 Å². The number of carbonyl (C=O) groups is 1. The SMILES string of the molecule is Cn1nc(Br)c(Br)c1C(=O)O. The van der Waals surface area contributed by atoms with Crippen LogP contribution < -0.4 is 0 Å². The minimum atomic E-state index is -1.00. The predicted molar refractivity (Wildman–Crippen MR) is 45.6 cm³/mol. The number of nitrogens with zero attached hydrogens (tertiary/aromatic N) is 2. The van der Waals surface area contributed by atoms with Gasteiger partial charge in [-0.25, -0.2) is 4.79 Å². The van der Waals surface area contributed by atoms with Gasteiger partial charge in [-0.1, -0.05) is 0 Å². The van der Waals surface area contributed by atoms with Crippen molar-refractivity contribution in [1.29, 1.82) is 0 Å². The minimum absolute atomic E-state index is 0.136. The van der Waals surface area contributed by atoms with Crippen molar-refractivity contribution < 1.29 is 9.90 Å². The highest BCUT2D eigenvalue weighted by atomic mass is 79.9. The molecule has 6 heteroatoms. The van der Waals surface area contributed by atoms with E-state index >= 15 is 0 Å². The second kappa shape index (κ2) is 2.94. The number of carboxylic acids is 1. The van der Waals surface area contributed by atoms with E-state index in [1.165, 1.54) is 4.68 Å². The first kappa shape index (κ1) is 8.73. The van der Waals surface area contributed by atoms with Gasteiger partial charge >= 0.3 is 5.97 Å². The molecule has 0 saturated heterocycles. The molecule has 1 aromatic rings. The highest BCUT2D eigenvalue weighted by Crippen LogP contribution is 2.25. The van der Waals surface area contributed by atoms with Crippen molar-refractivity contribution in [2.24, 2.45) is 7.05 Å². The van der Waals surface area contributed by atoms with Crippen molar-refractivity contribution in [2.45, 2.75) is 0 Å². The number of rotatable bonds is 1. The molecule has 1 aromatic heterocycles. The van der Waals surface area contributed by atoms with Crippen molar-refractivity contribution in [3.63, 3.8) is 0 Å². The molecule has 0 aliphatic carbocycles. The lowest BCUT2D eigenvalue weighted by Gasteiger charge is -1.92. The maximum absolute atomic E-state index is 10.5. The van der Waals surface area contributed by atoms with Crippen molar-refractivity contribution in [3.8, 4) is 0 Å². The van der Waals surface area contributed by atoms with Crippen LogP contribution in [0.25, 0.3) is 0 Å².